The minimum Gasteiger partial charge on any atom is -0.491 e. The van der Waals surface area contributed by atoms with Crippen molar-refractivity contribution in [3.8, 4) is 17.2 Å². The van der Waals surface area contributed by atoms with Crippen molar-refractivity contribution in [2.45, 2.75) is 58.8 Å². The lowest BCUT2D eigenvalue weighted by atomic mass is 9.86. The van der Waals surface area contributed by atoms with Gasteiger partial charge in [0.2, 0.25) is 0 Å². The fraction of sp³-hybridized carbons (Fsp3) is 0.395. The topological polar surface area (TPSA) is 208 Å². The molecule has 3 aromatic carbocycles. The Kier molecular flexibility index (Phi) is 20.0. The number of aliphatic carboxylic acids is 2. The first-order valence-electron chi connectivity index (χ1n) is 18.1. The van der Waals surface area contributed by atoms with Crippen LogP contribution < -0.4 is 14.2 Å². The molecule has 3 unspecified atom stereocenters. The van der Waals surface area contributed by atoms with Crippen LogP contribution in [0.2, 0.25) is 0 Å². The molecule has 3 atom stereocenters. The van der Waals surface area contributed by atoms with Gasteiger partial charge in [0.15, 0.2) is 0 Å². The summed E-state index contributed by atoms with van der Waals surface area (Å²) in [6.45, 7) is 14.0. The fourth-order valence-electron chi connectivity index (χ4n) is 4.39. The Bertz CT molecular complexity index is 1700. The number of carbonyl (C=O) groups excluding carboxylic acids is 2. The van der Waals surface area contributed by atoms with Crippen molar-refractivity contribution in [3.63, 3.8) is 0 Å². The zero-order valence-electron chi connectivity index (χ0n) is 32.8. The fourth-order valence-corrected chi connectivity index (χ4v) is 4.39. The van der Waals surface area contributed by atoms with Crippen LogP contribution in [-0.2, 0) is 33.4 Å². The molecule has 310 valence electrons. The van der Waals surface area contributed by atoms with Crippen LogP contribution in [0.3, 0.4) is 0 Å². The van der Waals surface area contributed by atoms with Crippen LogP contribution in [0.5, 0.6) is 17.2 Å². The van der Waals surface area contributed by atoms with E-state index in [2.05, 4.69) is 13.2 Å². The highest BCUT2D eigenvalue weighted by atomic mass is 16.6. The van der Waals surface area contributed by atoms with E-state index in [0.29, 0.717) is 24.2 Å². The number of ether oxygens (including phenoxy) is 6. The van der Waals surface area contributed by atoms with E-state index in [-0.39, 0.29) is 50.4 Å². The summed E-state index contributed by atoms with van der Waals surface area (Å²) >= 11 is 0. The molecule has 1 fully saturated rings. The Labute approximate surface area is 333 Å². The molecule has 0 amide bonds. The predicted molar refractivity (Wildman–Crippen MR) is 210 cm³/mol. The van der Waals surface area contributed by atoms with E-state index in [1.54, 1.807) is 62.4 Å². The maximum absolute atomic E-state index is 12.5. The van der Waals surface area contributed by atoms with Crippen molar-refractivity contribution in [2.75, 3.05) is 39.6 Å². The van der Waals surface area contributed by atoms with Crippen molar-refractivity contribution in [1.29, 1.82) is 0 Å². The SMILES string of the molecule is C=C(CC(C)(C)C(=O)O)C(=O)O.C=C(CC(C)(C)C(=O)OCC(O)COc1ccccc1)C(=O)OCC(O)COc1ccccc1.c1ccc(OCC2CO2)cc1. The van der Waals surface area contributed by atoms with Crippen LogP contribution in [0.15, 0.2) is 115 Å². The molecule has 1 heterocycles. The van der Waals surface area contributed by atoms with Gasteiger partial charge in [0, 0.05) is 11.1 Å². The van der Waals surface area contributed by atoms with Crippen LogP contribution >= 0.6 is 0 Å². The highest BCUT2D eigenvalue weighted by Gasteiger charge is 2.33. The van der Waals surface area contributed by atoms with Crippen molar-refractivity contribution in [2.24, 2.45) is 10.8 Å². The minimum atomic E-state index is -1.15. The Morgan fingerprint density at radius 1 is 0.649 bits per heavy atom. The Morgan fingerprint density at radius 2 is 1.05 bits per heavy atom. The molecule has 0 saturated carbocycles. The number of hydrogen-bond acceptors (Lipinski definition) is 12. The van der Waals surface area contributed by atoms with Gasteiger partial charge in [-0.15, -0.1) is 0 Å². The first-order chi connectivity index (χ1) is 26.9. The van der Waals surface area contributed by atoms with Crippen molar-refractivity contribution in [1.82, 2.24) is 0 Å². The van der Waals surface area contributed by atoms with Crippen LogP contribution in [-0.4, -0.2) is 102 Å². The van der Waals surface area contributed by atoms with Crippen molar-refractivity contribution < 1.29 is 68.0 Å². The maximum Gasteiger partial charge on any atom is 0.333 e. The number of epoxide rings is 1. The van der Waals surface area contributed by atoms with E-state index in [1.165, 1.54) is 13.8 Å². The largest absolute Gasteiger partial charge is 0.491 e. The van der Waals surface area contributed by atoms with Gasteiger partial charge in [-0.2, -0.15) is 0 Å². The average molecular weight is 795 g/mol. The second kappa shape index (κ2) is 24.0. The number of hydrogen-bond donors (Lipinski definition) is 4. The number of carbonyl (C=O) groups is 4. The molecule has 14 heteroatoms. The normalized spacial score (nSPS) is 14.0. The molecule has 4 rings (SSSR count). The number of benzene rings is 3. The zero-order chi connectivity index (χ0) is 42.4. The molecule has 0 bridgehead atoms. The molecular formula is C43H54O14. The molecule has 1 saturated heterocycles. The Hall–Kier alpha value is -5.70. The summed E-state index contributed by atoms with van der Waals surface area (Å²) < 4.78 is 31.5. The summed E-state index contributed by atoms with van der Waals surface area (Å²) in [6.07, 6.45) is -1.74. The third-order valence-electron chi connectivity index (χ3n) is 7.80. The van der Waals surface area contributed by atoms with Gasteiger partial charge in [-0.25, -0.2) is 9.59 Å². The summed E-state index contributed by atoms with van der Waals surface area (Å²) in [7, 11) is 0. The highest BCUT2D eigenvalue weighted by Crippen LogP contribution is 2.27. The maximum atomic E-state index is 12.5. The van der Waals surface area contributed by atoms with Gasteiger partial charge in [0.25, 0.3) is 0 Å². The average Bonchev–Trinajstić information content (AvgIpc) is 4.02. The lowest BCUT2D eigenvalue weighted by Gasteiger charge is -2.24. The van der Waals surface area contributed by atoms with E-state index in [9.17, 15) is 29.4 Å². The molecule has 0 aliphatic carbocycles. The van der Waals surface area contributed by atoms with Gasteiger partial charge in [0.05, 0.1) is 17.4 Å². The van der Waals surface area contributed by atoms with Gasteiger partial charge >= 0.3 is 23.9 Å². The summed E-state index contributed by atoms with van der Waals surface area (Å²) in [5.41, 5.74) is -2.16. The Morgan fingerprint density at radius 3 is 1.46 bits per heavy atom. The van der Waals surface area contributed by atoms with Crippen LogP contribution in [0.1, 0.15) is 40.5 Å². The van der Waals surface area contributed by atoms with Gasteiger partial charge < -0.3 is 48.8 Å². The molecule has 0 spiro atoms. The number of aliphatic hydroxyl groups excluding tert-OH is 2. The van der Waals surface area contributed by atoms with E-state index in [1.807, 2.05) is 42.5 Å². The second-order valence-corrected chi connectivity index (χ2v) is 14.3. The van der Waals surface area contributed by atoms with E-state index >= 15 is 0 Å². The summed E-state index contributed by atoms with van der Waals surface area (Å²) in [5, 5.41) is 37.0. The molecule has 1 aliphatic rings. The number of carboxylic acid groups (broad SMARTS) is 2. The van der Waals surface area contributed by atoms with Crippen molar-refractivity contribution >= 4 is 23.9 Å². The summed E-state index contributed by atoms with van der Waals surface area (Å²) in [4.78, 5) is 45.5. The monoisotopic (exact) mass is 794 g/mol. The number of rotatable bonds is 21. The van der Waals surface area contributed by atoms with Crippen molar-refractivity contribution in [3.05, 3.63) is 115 Å². The number of aliphatic hydroxyl groups is 2. The second-order valence-electron chi connectivity index (χ2n) is 14.3. The first kappa shape index (κ1) is 47.5. The standard InChI is InChI=1S/C26H32O8.C9H10O2.C8H12O4/c1-19(24(29)33-17-20(27)15-31-22-10-6-4-7-11-22)14-26(2,3)25(30)34-18-21(28)16-32-23-12-8-5-9-13-23;1-2-4-8(5-3-1)10-6-9-7-11-9;1-5(6(9)10)4-8(2,3)7(11)12/h4-13,20-21,27-28H,1,14-18H2,2-3H3;1-5,9H,6-7H2;1,4H2,2-3H3,(H,9,10)(H,11,12). The Balaban J connectivity index is 0.000000392. The molecule has 4 N–H and O–H groups in total. The van der Waals surface area contributed by atoms with Crippen LogP contribution in [0.4, 0.5) is 0 Å². The summed E-state index contributed by atoms with van der Waals surface area (Å²) in [5.74, 6) is -1.39. The minimum absolute atomic E-state index is 0.0160. The van der Waals surface area contributed by atoms with Crippen LogP contribution in [0, 0.1) is 10.8 Å². The van der Waals surface area contributed by atoms with Gasteiger partial charge in [-0.1, -0.05) is 67.8 Å². The van der Waals surface area contributed by atoms with Gasteiger partial charge in [-0.3, -0.25) is 9.59 Å². The third kappa shape index (κ3) is 20.2. The van der Waals surface area contributed by atoms with Crippen LogP contribution in [0.25, 0.3) is 0 Å². The smallest absolute Gasteiger partial charge is 0.333 e. The van der Waals surface area contributed by atoms with E-state index < -0.39 is 46.9 Å². The molecule has 14 nitrogen and oxygen atoms in total. The number of para-hydroxylation sites is 3. The molecular weight excluding hydrogens is 740 g/mol. The first-order valence-corrected chi connectivity index (χ1v) is 18.1. The predicted octanol–water partition coefficient (Wildman–Crippen LogP) is 5.52. The zero-order valence-corrected chi connectivity index (χ0v) is 32.8. The highest BCUT2D eigenvalue weighted by molar-refractivity contribution is 5.89. The summed E-state index contributed by atoms with van der Waals surface area (Å²) in [6, 6.07) is 27.7. The molecule has 0 aromatic heterocycles. The number of carboxylic acids is 2. The molecule has 0 radical (unpaired) electrons. The molecule has 1 aliphatic heterocycles. The van der Waals surface area contributed by atoms with Gasteiger partial charge in [-0.05, 0) is 76.9 Å². The number of esters is 2. The lowest BCUT2D eigenvalue weighted by molar-refractivity contribution is -0.157. The molecule has 3 aromatic rings. The third-order valence-corrected chi connectivity index (χ3v) is 7.80. The van der Waals surface area contributed by atoms with Gasteiger partial charge in [0.1, 0.15) is 68.6 Å². The van der Waals surface area contributed by atoms with E-state index in [4.69, 9.17) is 38.6 Å². The quantitative estimate of drug-likeness (QED) is 0.0596. The molecule has 57 heavy (non-hydrogen) atoms. The van der Waals surface area contributed by atoms with E-state index in [0.717, 1.165) is 12.4 Å². The lowest BCUT2D eigenvalue weighted by Crippen LogP contribution is -2.33.